The van der Waals surface area contributed by atoms with E-state index < -0.39 is 0 Å². The van der Waals surface area contributed by atoms with Crippen molar-refractivity contribution in [1.29, 1.82) is 0 Å². The third-order valence-electron chi connectivity index (χ3n) is 2.44. The van der Waals surface area contributed by atoms with Crippen molar-refractivity contribution in [2.75, 3.05) is 26.4 Å². The van der Waals surface area contributed by atoms with E-state index in [4.69, 9.17) is 18.9 Å². The van der Waals surface area contributed by atoms with Gasteiger partial charge < -0.3 is 18.9 Å². The van der Waals surface area contributed by atoms with Gasteiger partial charge in [0.2, 0.25) is 0 Å². The van der Waals surface area contributed by atoms with E-state index in [9.17, 15) is 0 Å². The molecule has 4 heteroatoms. The number of rotatable bonds is 6. The van der Waals surface area contributed by atoms with Crippen LogP contribution in [0.5, 0.6) is 11.5 Å². The van der Waals surface area contributed by atoms with Crippen LogP contribution in [0.3, 0.4) is 0 Å². The van der Waals surface area contributed by atoms with Gasteiger partial charge in [-0.15, -0.1) is 0 Å². The molecule has 3 rings (SSSR count). The predicted molar refractivity (Wildman–Crippen MR) is 55.7 cm³/mol. The summed E-state index contributed by atoms with van der Waals surface area (Å²) in [6, 6.07) is 8.42. The van der Waals surface area contributed by atoms with E-state index in [1.54, 1.807) is 6.07 Å². The zero-order valence-electron chi connectivity index (χ0n) is 8.85. The summed E-state index contributed by atoms with van der Waals surface area (Å²) in [5.74, 6) is 1.47. The second kappa shape index (κ2) is 4.31. The molecule has 2 aliphatic heterocycles. The molecule has 2 fully saturated rings. The minimum Gasteiger partial charge on any atom is -0.487 e. The predicted octanol–water partition coefficient (Wildman–Crippen LogP) is 1.04. The lowest BCUT2D eigenvalue weighted by atomic mass is 10.3. The Balaban J connectivity index is 1.58. The quantitative estimate of drug-likeness (QED) is 0.673. The van der Waals surface area contributed by atoms with Crippen molar-refractivity contribution in [2.45, 2.75) is 12.2 Å². The normalized spacial score (nSPS) is 26.2. The fraction of sp³-hybridized carbons (Fsp3) is 0.500. The van der Waals surface area contributed by atoms with Gasteiger partial charge in [-0.2, -0.15) is 0 Å². The molecular formula is C12H13O4. The zero-order valence-corrected chi connectivity index (χ0v) is 8.85. The van der Waals surface area contributed by atoms with Gasteiger partial charge in [0, 0.05) is 0 Å². The molecule has 0 aliphatic carbocycles. The Labute approximate surface area is 94.1 Å². The first kappa shape index (κ1) is 9.93. The van der Waals surface area contributed by atoms with E-state index in [0.717, 1.165) is 24.7 Å². The van der Waals surface area contributed by atoms with E-state index >= 15 is 0 Å². The molecule has 16 heavy (non-hydrogen) atoms. The SMILES string of the molecule is [c]1ccc(OCC2CO2)c(OCC2CO2)c1. The molecule has 0 N–H and O–H groups in total. The molecule has 0 spiro atoms. The summed E-state index contributed by atoms with van der Waals surface area (Å²) in [5.41, 5.74) is 0. The van der Waals surface area contributed by atoms with Gasteiger partial charge in [0.05, 0.1) is 13.2 Å². The molecule has 1 aromatic carbocycles. The maximum absolute atomic E-state index is 5.60. The molecule has 0 aromatic heterocycles. The van der Waals surface area contributed by atoms with Crippen LogP contribution in [0.4, 0.5) is 0 Å². The van der Waals surface area contributed by atoms with E-state index in [1.807, 2.05) is 12.1 Å². The maximum Gasteiger partial charge on any atom is 0.161 e. The number of epoxide rings is 2. The highest BCUT2D eigenvalue weighted by atomic mass is 16.6. The summed E-state index contributed by atoms with van der Waals surface area (Å²) in [4.78, 5) is 0. The molecule has 0 amide bonds. The van der Waals surface area contributed by atoms with E-state index in [-0.39, 0.29) is 12.2 Å². The zero-order chi connectivity index (χ0) is 10.8. The molecule has 1 aromatic rings. The molecule has 2 heterocycles. The first-order valence-electron chi connectivity index (χ1n) is 5.41. The Morgan fingerprint density at radius 2 is 1.75 bits per heavy atom. The first-order valence-corrected chi connectivity index (χ1v) is 5.41. The summed E-state index contributed by atoms with van der Waals surface area (Å²) in [6.07, 6.45) is 0.503. The van der Waals surface area contributed by atoms with Crippen molar-refractivity contribution in [3.8, 4) is 11.5 Å². The fourth-order valence-electron chi connectivity index (χ4n) is 1.33. The standard InChI is InChI=1S/C12H13O4/c1-2-4-12(16-8-10-6-14-10)11(3-1)15-7-9-5-13-9/h1,3-4,9-10H,5-8H2. The van der Waals surface area contributed by atoms with Crippen LogP contribution in [0.15, 0.2) is 18.2 Å². The van der Waals surface area contributed by atoms with Gasteiger partial charge in [0.1, 0.15) is 25.4 Å². The van der Waals surface area contributed by atoms with Crippen LogP contribution in [-0.4, -0.2) is 38.6 Å². The third kappa shape index (κ3) is 2.65. The van der Waals surface area contributed by atoms with Crippen LogP contribution in [-0.2, 0) is 9.47 Å². The lowest BCUT2D eigenvalue weighted by Gasteiger charge is -2.10. The van der Waals surface area contributed by atoms with Crippen LogP contribution in [0.1, 0.15) is 0 Å². The minimum absolute atomic E-state index is 0.250. The van der Waals surface area contributed by atoms with E-state index in [1.165, 1.54) is 0 Å². The van der Waals surface area contributed by atoms with Crippen LogP contribution < -0.4 is 9.47 Å². The number of ether oxygens (including phenoxy) is 4. The molecule has 85 valence electrons. The molecule has 1 radical (unpaired) electrons. The van der Waals surface area contributed by atoms with E-state index in [0.29, 0.717) is 13.2 Å². The largest absolute Gasteiger partial charge is 0.487 e. The molecule has 2 atom stereocenters. The van der Waals surface area contributed by atoms with Gasteiger partial charge in [0.15, 0.2) is 11.5 Å². The highest BCUT2D eigenvalue weighted by molar-refractivity contribution is 5.39. The molecule has 2 saturated heterocycles. The highest BCUT2D eigenvalue weighted by Crippen LogP contribution is 2.28. The third-order valence-corrected chi connectivity index (χ3v) is 2.44. The molecule has 0 saturated carbocycles. The number of hydrogen-bond donors (Lipinski definition) is 0. The lowest BCUT2D eigenvalue weighted by molar-refractivity contribution is 0.228. The average Bonchev–Trinajstić information content (AvgIpc) is 3.17. The Bertz CT molecular complexity index is 323. The van der Waals surface area contributed by atoms with Gasteiger partial charge in [-0.3, -0.25) is 0 Å². The first-order chi connectivity index (χ1) is 7.92. The number of benzene rings is 1. The average molecular weight is 221 g/mol. The van der Waals surface area contributed by atoms with Gasteiger partial charge in [0.25, 0.3) is 0 Å². The van der Waals surface area contributed by atoms with Crippen LogP contribution in [0.2, 0.25) is 0 Å². The highest BCUT2D eigenvalue weighted by Gasteiger charge is 2.25. The Hall–Kier alpha value is -1.26. The maximum atomic E-state index is 5.60. The summed E-state index contributed by atoms with van der Waals surface area (Å²) >= 11 is 0. The van der Waals surface area contributed by atoms with Crippen molar-refractivity contribution in [3.63, 3.8) is 0 Å². The second-order valence-electron chi connectivity index (χ2n) is 3.91. The van der Waals surface area contributed by atoms with Crippen LogP contribution >= 0.6 is 0 Å². The lowest BCUT2D eigenvalue weighted by Crippen LogP contribution is -2.08. The van der Waals surface area contributed by atoms with Crippen molar-refractivity contribution in [1.82, 2.24) is 0 Å². The van der Waals surface area contributed by atoms with Gasteiger partial charge in [-0.1, -0.05) is 6.07 Å². The van der Waals surface area contributed by atoms with Crippen molar-refractivity contribution < 1.29 is 18.9 Å². The summed E-state index contributed by atoms with van der Waals surface area (Å²) in [6.45, 7) is 2.75. The molecule has 4 nitrogen and oxygen atoms in total. The second-order valence-corrected chi connectivity index (χ2v) is 3.91. The molecule has 0 bridgehead atoms. The van der Waals surface area contributed by atoms with Gasteiger partial charge in [-0.05, 0) is 18.2 Å². The molecule has 2 unspecified atom stereocenters. The fourth-order valence-corrected chi connectivity index (χ4v) is 1.33. The Morgan fingerprint density at radius 1 is 1.12 bits per heavy atom. The monoisotopic (exact) mass is 221 g/mol. The van der Waals surface area contributed by atoms with Crippen molar-refractivity contribution in [3.05, 3.63) is 24.3 Å². The van der Waals surface area contributed by atoms with Crippen molar-refractivity contribution in [2.24, 2.45) is 0 Å². The summed E-state index contributed by atoms with van der Waals surface area (Å²) in [7, 11) is 0. The van der Waals surface area contributed by atoms with Crippen LogP contribution in [0, 0.1) is 6.07 Å². The molecule has 2 aliphatic rings. The molecular weight excluding hydrogens is 208 g/mol. The number of hydrogen-bond acceptors (Lipinski definition) is 4. The minimum atomic E-state index is 0.250. The smallest absolute Gasteiger partial charge is 0.161 e. The summed E-state index contributed by atoms with van der Waals surface area (Å²) < 4.78 is 21.4. The topological polar surface area (TPSA) is 43.5 Å². The van der Waals surface area contributed by atoms with Crippen LogP contribution in [0.25, 0.3) is 0 Å². The summed E-state index contributed by atoms with van der Waals surface area (Å²) in [5, 5.41) is 0. The Kier molecular flexibility index (Phi) is 2.68. The van der Waals surface area contributed by atoms with Gasteiger partial charge >= 0.3 is 0 Å². The Morgan fingerprint density at radius 3 is 2.38 bits per heavy atom. The van der Waals surface area contributed by atoms with Gasteiger partial charge in [-0.25, -0.2) is 0 Å². The van der Waals surface area contributed by atoms with Crippen molar-refractivity contribution >= 4 is 0 Å². The van der Waals surface area contributed by atoms with E-state index in [2.05, 4.69) is 6.07 Å².